The van der Waals surface area contributed by atoms with Gasteiger partial charge in [-0.05, 0) is 12.1 Å². The minimum absolute atomic E-state index is 0.157. The second kappa shape index (κ2) is 6.49. The van der Waals surface area contributed by atoms with Gasteiger partial charge in [0.15, 0.2) is 5.58 Å². The number of ether oxygens (including phenoxy) is 2. The molecule has 1 heterocycles. The lowest BCUT2D eigenvalue weighted by Gasteiger charge is -2.10. The lowest BCUT2D eigenvalue weighted by atomic mass is 10.2. The van der Waals surface area contributed by atoms with Crippen LogP contribution in [0.3, 0.4) is 0 Å². The zero-order valence-electron chi connectivity index (χ0n) is 13.2. The van der Waals surface area contributed by atoms with Gasteiger partial charge in [0.1, 0.15) is 18.0 Å². The first-order valence-corrected chi connectivity index (χ1v) is 7.22. The first-order valence-electron chi connectivity index (χ1n) is 7.22. The summed E-state index contributed by atoms with van der Waals surface area (Å²) in [5, 5.41) is 2.72. The molecule has 1 amide bonds. The number of anilines is 1. The van der Waals surface area contributed by atoms with E-state index < -0.39 is 5.76 Å². The lowest BCUT2D eigenvalue weighted by molar-refractivity contribution is -0.116. The van der Waals surface area contributed by atoms with Crippen LogP contribution in [0.5, 0.6) is 11.5 Å². The van der Waals surface area contributed by atoms with Crippen LogP contribution in [0.25, 0.3) is 11.1 Å². The number of methoxy groups -OCH3 is 2. The molecule has 7 heteroatoms. The Morgan fingerprint density at radius 2 is 1.79 bits per heavy atom. The average molecular weight is 328 g/mol. The van der Waals surface area contributed by atoms with Crippen LogP contribution < -0.4 is 20.5 Å². The summed E-state index contributed by atoms with van der Waals surface area (Å²) in [7, 11) is 3.05. The first-order chi connectivity index (χ1) is 11.6. The molecule has 7 nitrogen and oxygen atoms in total. The fourth-order valence-corrected chi connectivity index (χ4v) is 2.39. The molecule has 0 spiro atoms. The van der Waals surface area contributed by atoms with Gasteiger partial charge in [-0.2, -0.15) is 0 Å². The van der Waals surface area contributed by atoms with Crippen molar-refractivity contribution >= 4 is 22.7 Å². The van der Waals surface area contributed by atoms with Gasteiger partial charge < -0.3 is 19.2 Å². The summed E-state index contributed by atoms with van der Waals surface area (Å²) in [6, 6.07) is 12.0. The molecule has 1 N–H and O–H groups in total. The minimum atomic E-state index is -0.574. The predicted molar refractivity (Wildman–Crippen MR) is 88.6 cm³/mol. The van der Waals surface area contributed by atoms with Gasteiger partial charge in [0.2, 0.25) is 5.91 Å². The normalized spacial score (nSPS) is 10.6. The number of para-hydroxylation sites is 2. The monoisotopic (exact) mass is 328 g/mol. The van der Waals surface area contributed by atoms with Gasteiger partial charge in [0.25, 0.3) is 0 Å². The van der Waals surface area contributed by atoms with Gasteiger partial charge in [-0.3, -0.25) is 9.36 Å². The van der Waals surface area contributed by atoms with E-state index in [0.717, 1.165) is 0 Å². The van der Waals surface area contributed by atoms with Crippen molar-refractivity contribution in [1.82, 2.24) is 4.57 Å². The van der Waals surface area contributed by atoms with Crippen molar-refractivity contribution in [3.05, 3.63) is 53.0 Å². The number of benzene rings is 2. The number of nitrogens with zero attached hydrogens (tertiary/aromatic N) is 1. The molecule has 1 aromatic heterocycles. The van der Waals surface area contributed by atoms with Crippen LogP contribution in [0.15, 0.2) is 51.7 Å². The topological polar surface area (TPSA) is 82.7 Å². The van der Waals surface area contributed by atoms with Gasteiger partial charge in [0, 0.05) is 23.9 Å². The summed E-state index contributed by atoms with van der Waals surface area (Å²) in [5.41, 5.74) is 1.52. The molecule has 0 bridgehead atoms. The van der Waals surface area contributed by atoms with Crippen molar-refractivity contribution < 1.29 is 18.7 Å². The second-order valence-corrected chi connectivity index (χ2v) is 5.07. The van der Waals surface area contributed by atoms with Crippen LogP contribution in [-0.4, -0.2) is 24.7 Å². The van der Waals surface area contributed by atoms with Crippen molar-refractivity contribution in [2.24, 2.45) is 0 Å². The molecule has 24 heavy (non-hydrogen) atoms. The molecule has 2 aromatic carbocycles. The molecular weight excluding hydrogens is 312 g/mol. The maximum atomic E-state index is 12.3. The van der Waals surface area contributed by atoms with Crippen molar-refractivity contribution in [3.8, 4) is 11.5 Å². The molecule has 0 fully saturated rings. The lowest BCUT2D eigenvalue weighted by Crippen LogP contribution is -2.24. The average Bonchev–Trinajstić information content (AvgIpc) is 2.90. The Balaban J connectivity index is 1.83. The third-order valence-electron chi connectivity index (χ3n) is 3.51. The maximum absolute atomic E-state index is 12.3. The summed E-state index contributed by atoms with van der Waals surface area (Å²) in [6.45, 7) is -0.157. The highest BCUT2D eigenvalue weighted by Gasteiger charge is 2.13. The Labute approximate surface area is 137 Å². The number of amides is 1. The fourth-order valence-electron chi connectivity index (χ4n) is 2.39. The number of nitrogens with one attached hydrogen (secondary N) is 1. The molecule has 0 saturated carbocycles. The Morgan fingerprint density at radius 1 is 1.12 bits per heavy atom. The van der Waals surface area contributed by atoms with Gasteiger partial charge >= 0.3 is 5.76 Å². The summed E-state index contributed by atoms with van der Waals surface area (Å²) in [5.74, 6) is 0.166. The molecule has 0 atom stereocenters. The highest BCUT2D eigenvalue weighted by atomic mass is 16.5. The van der Waals surface area contributed by atoms with E-state index in [0.29, 0.717) is 28.3 Å². The standard InChI is InChI=1S/C17H16N2O5/c1-22-12-7-11(8-13(9-12)23-2)18-16(20)10-19-14-5-3-4-6-15(14)24-17(19)21/h3-9H,10H2,1-2H3,(H,18,20). The Kier molecular flexibility index (Phi) is 4.24. The van der Waals surface area contributed by atoms with E-state index in [1.807, 2.05) is 0 Å². The van der Waals surface area contributed by atoms with Gasteiger partial charge in [-0.1, -0.05) is 12.1 Å². The molecule has 3 aromatic rings. The third kappa shape index (κ3) is 3.10. The Hall–Kier alpha value is -3.22. The number of aromatic nitrogens is 1. The van der Waals surface area contributed by atoms with E-state index in [2.05, 4.69) is 5.32 Å². The number of oxazole rings is 1. The van der Waals surface area contributed by atoms with E-state index in [9.17, 15) is 9.59 Å². The molecule has 0 radical (unpaired) electrons. The van der Waals surface area contributed by atoms with Crippen LogP contribution in [0.4, 0.5) is 5.69 Å². The van der Waals surface area contributed by atoms with Crippen LogP contribution in [0.1, 0.15) is 0 Å². The third-order valence-corrected chi connectivity index (χ3v) is 3.51. The number of fused-ring (bicyclic) bond motifs is 1. The number of hydrogen-bond donors (Lipinski definition) is 1. The van der Waals surface area contributed by atoms with Crippen LogP contribution in [-0.2, 0) is 11.3 Å². The molecule has 0 aliphatic rings. The van der Waals surface area contributed by atoms with E-state index in [-0.39, 0.29) is 12.5 Å². The van der Waals surface area contributed by atoms with Crippen molar-refractivity contribution in [1.29, 1.82) is 0 Å². The minimum Gasteiger partial charge on any atom is -0.497 e. The quantitative estimate of drug-likeness (QED) is 0.777. The Morgan fingerprint density at radius 3 is 2.46 bits per heavy atom. The summed E-state index contributed by atoms with van der Waals surface area (Å²) in [6.07, 6.45) is 0. The zero-order chi connectivity index (χ0) is 17.1. The van der Waals surface area contributed by atoms with Crippen molar-refractivity contribution in [2.75, 3.05) is 19.5 Å². The molecule has 3 rings (SSSR count). The largest absolute Gasteiger partial charge is 0.497 e. The molecule has 0 saturated heterocycles. The number of rotatable bonds is 5. The van der Waals surface area contributed by atoms with Gasteiger partial charge in [0.05, 0.1) is 19.7 Å². The molecular formula is C17H16N2O5. The van der Waals surface area contributed by atoms with Gasteiger partial charge in [-0.15, -0.1) is 0 Å². The van der Waals surface area contributed by atoms with Crippen molar-refractivity contribution in [2.45, 2.75) is 6.54 Å². The predicted octanol–water partition coefficient (Wildman–Crippen LogP) is 2.25. The molecule has 0 unspecified atom stereocenters. The number of carbonyl (C=O) groups excluding carboxylic acids is 1. The zero-order valence-corrected chi connectivity index (χ0v) is 13.2. The van der Waals surface area contributed by atoms with Crippen LogP contribution in [0, 0.1) is 0 Å². The number of carbonyl (C=O) groups is 1. The Bertz CT molecular complexity index is 919. The molecule has 0 aliphatic heterocycles. The smallest absolute Gasteiger partial charge is 0.420 e. The number of hydrogen-bond acceptors (Lipinski definition) is 5. The summed E-state index contributed by atoms with van der Waals surface area (Å²) < 4.78 is 16.7. The molecule has 124 valence electrons. The highest BCUT2D eigenvalue weighted by molar-refractivity contribution is 5.91. The second-order valence-electron chi connectivity index (χ2n) is 5.07. The van der Waals surface area contributed by atoms with E-state index >= 15 is 0 Å². The highest BCUT2D eigenvalue weighted by Crippen LogP contribution is 2.25. The van der Waals surface area contributed by atoms with E-state index in [1.54, 1.807) is 42.5 Å². The summed E-state index contributed by atoms with van der Waals surface area (Å²) >= 11 is 0. The van der Waals surface area contributed by atoms with E-state index in [1.165, 1.54) is 18.8 Å². The van der Waals surface area contributed by atoms with Crippen molar-refractivity contribution in [3.63, 3.8) is 0 Å². The maximum Gasteiger partial charge on any atom is 0.420 e. The van der Waals surface area contributed by atoms with Crippen LogP contribution >= 0.6 is 0 Å². The fraction of sp³-hybridized carbons (Fsp3) is 0.176. The first kappa shape index (κ1) is 15.7. The SMILES string of the molecule is COc1cc(NC(=O)Cn2c(=O)oc3ccccc32)cc(OC)c1. The molecule has 0 aliphatic carbocycles. The summed E-state index contributed by atoms with van der Waals surface area (Å²) in [4.78, 5) is 24.2. The van der Waals surface area contributed by atoms with Gasteiger partial charge in [-0.25, -0.2) is 4.79 Å². The van der Waals surface area contributed by atoms with Crippen LogP contribution in [0.2, 0.25) is 0 Å². The van der Waals surface area contributed by atoms with E-state index in [4.69, 9.17) is 13.9 Å².